The molecule has 39 heavy (non-hydrogen) atoms. The fourth-order valence-electron chi connectivity index (χ4n) is 5.26. The van der Waals surface area contributed by atoms with Crippen LogP contribution >= 0.6 is 0 Å². The predicted octanol–water partition coefficient (Wildman–Crippen LogP) is 5.39. The molecule has 0 saturated carbocycles. The highest BCUT2D eigenvalue weighted by molar-refractivity contribution is 5.89. The Hall–Kier alpha value is -3.36. The van der Waals surface area contributed by atoms with Crippen LogP contribution in [0.3, 0.4) is 0 Å². The average Bonchev–Trinajstić information content (AvgIpc) is 2.86. The highest BCUT2D eigenvalue weighted by Crippen LogP contribution is 2.35. The smallest absolute Gasteiger partial charge is 0.307 e. The molecule has 1 unspecified atom stereocenters. The number of pyridine rings is 1. The summed E-state index contributed by atoms with van der Waals surface area (Å²) in [7, 11) is 1.28. The molecular formula is C30H39F2N3O4. The number of hydrogen-bond acceptors (Lipinski definition) is 5. The molecule has 212 valence electrons. The Morgan fingerprint density at radius 3 is 2.44 bits per heavy atom. The monoisotopic (exact) mass is 543 g/mol. The van der Waals surface area contributed by atoms with E-state index in [1.807, 2.05) is 52.0 Å². The van der Waals surface area contributed by atoms with Gasteiger partial charge in [0.25, 0.3) is 0 Å². The van der Waals surface area contributed by atoms with E-state index in [-0.39, 0.29) is 31.7 Å². The van der Waals surface area contributed by atoms with Crippen molar-refractivity contribution in [2.75, 3.05) is 13.7 Å². The van der Waals surface area contributed by atoms with Gasteiger partial charge >= 0.3 is 5.97 Å². The number of nitrogens with one attached hydrogen (secondary N) is 1. The number of nitrogens with zero attached hydrogens (tertiary/aromatic N) is 2. The number of methoxy groups -OCH3 is 1. The molecule has 1 aromatic carbocycles. The van der Waals surface area contributed by atoms with Crippen molar-refractivity contribution in [3.05, 3.63) is 53.3 Å². The summed E-state index contributed by atoms with van der Waals surface area (Å²) >= 11 is 0. The SMILES string of the molecule is COC(=O)C[C@H](NC(=O)[C@H](CC(C)C)N1CCC(C(C)(F)F)CC1=O)c1cncc(-c2c(C)cccc2C)c1. The molecule has 1 aliphatic heterocycles. The van der Waals surface area contributed by atoms with Crippen molar-refractivity contribution >= 4 is 17.8 Å². The Balaban J connectivity index is 1.91. The first kappa shape index (κ1) is 30.2. The Morgan fingerprint density at radius 1 is 1.21 bits per heavy atom. The van der Waals surface area contributed by atoms with E-state index in [0.29, 0.717) is 12.0 Å². The molecule has 2 amide bonds. The van der Waals surface area contributed by atoms with Gasteiger partial charge in [0, 0.05) is 36.8 Å². The lowest BCUT2D eigenvalue weighted by atomic mass is 9.88. The molecular weight excluding hydrogens is 504 g/mol. The number of aromatic nitrogens is 1. The summed E-state index contributed by atoms with van der Waals surface area (Å²) in [5.41, 5.74) is 4.63. The van der Waals surface area contributed by atoms with E-state index in [4.69, 9.17) is 4.74 Å². The number of hydrogen-bond donors (Lipinski definition) is 1. The first-order valence-electron chi connectivity index (χ1n) is 13.4. The third kappa shape index (κ3) is 7.61. The van der Waals surface area contributed by atoms with Crippen molar-refractivity contribution in [3.63, 3.8) is 0 Å². The highest BCUT2D eigenvalue weighted by Gasteiger charge is 2.43. The molecule has 7 nitrogen and oxygen atoms in total. The van der Waals surface area contributed by atoms with Crippen LogP contribution in [0.25, 0.3) is 11.1 Å². The normalized spacial score (nSPS) is 17.6. The number of piperidine rings is 1. The van der Waals surface area contributed by atoms with Gasteiger partial charge in [-0.25, -0.2) is 8.78 Å². The lowest BCUT2D eigenvalue weighted by Gasteiger charge is -2.39. The fraction of sp³-hybridized carbons (Fsp3) is 0.533. The van der Waals surface area contributed by atoms with Crippen LogP contribution in [-0.2, 0) is 19.1 Å². The minimum atomic E-state index is -2.96. The van der Waals surface area contributed by atoms with Crippen LogP contribution in [-0.4, -0.2) is 53.3 Å². The second-order valence-corrected chi connectivity index (χ2v) is 11.0. The topological polar surface area (TPSA) is 88.6 Å². The zero-order valence-corrected chi connectivity index (χ0v) is 23.6. The van der Waals surface area contributed by atoms with E-state index in [9.17, 15) is 23.2 Å². The molecule has 1 fully saturated rings. The molecule has 0 bridgehead atoms. The number of carbonyl (C=O) groups excluding carboxylic acids is 3. The first-order chi connectivity index (χ1) is 18.3. The van der Waals surface area contributed by atoms with E-state index in [0.717, 1.165) is 29.2 Å². The summed E-state index contributed by atoms with van der Waals surface area (Å²) < 4.78 is 32.7. The van der Waals surface area contributed by atoms with Crippen molar-refractivity contribution in [2.45, 2.75) is 78.3 Å². The zero-order chi connectivity index (χ0) is 28.9. The Morgan fingerprint density at radius 2 is 1.87 bits per heavy atom. The number of likely N-dealkylation sites (tertiary alicyclic amines) is 1. The summed E-state index contributed by atoms with van der Waals surface area (Å²) in [6.45, 7) is 8.78. The van der Waals surface area contributed by atoms with Gasteiger partial charge < -0.3 is 15.0 Å². The molecule has 1 aromatic heterocycles. The standard InChI is InChI=1S/C30H39F2N3O4/c1-18(2)12-25(35-11-10-23(14-26(35)36)30(5,31)32)29(38)34-24(15-27(37)39-6)21-13-22(17-33-16-21)28-19(3)8-7-9-20(28)4/h7-9,13,16-18,23-25H,10-12,14-15H2,1-6H3,(H,34,38)/t23?,24-,25-/m0/s1. The van der Waals surface area contributed by atoms with Crippen LogP contribution in [0.1, 0.15) is 69.2 Å². The van der Waals surface area contributed by atoms with E-state index < -0.39 is 41.7 Å². The first-order valence-corrected chi connectivity index (χ1v) is 13.4. The maximum absolute atomic E-state index is 13.9. The third-order valence-electron chi connectivity index (χ3n) is 7.40. The number of halogens is 2. The average molecular weight is 544 g/mol. The number of alkyl halides is 2. The highest BCUT2D eigenvalue weighted by atomic mass is 19.3. The number of ether oxygens (including phenoxy) is 1. The van der Waals surface area contributed by atoms with Gasteiger partial charge in [-0.3, -0.25) is 19.4 Å². The van der Waals surface area contributed by atoms with Crippen molar-refractivity contribution < 1.29 is 27.9 Å². The van der Waals surface area contributed by atoms with Gasteiger partial charge in [0.2, 0.25) is 17.7 Å². The number of aryl methyl sites for hydroxylation is 2. The van der Waals surface area contributed by atoms with Crippen molar-refractivity contribution in [1.82, 2.24) is 15.2 Å². The van der Waals surface area contributed by atoms with Crippen LogP contribution in [0.2, 0.25) is 0 Å². The molecule has 1 saturated heterocycles. The van der Waals surface area contributed by atoms with Gasteiger partial charge in [-0.05, 0) is 67.9 Å². The van der Waals surface area contributed by atoms with Gasteiger partial charge in [0.1, 0.15) is 6.04 Å². The van der Waals surface area contributed by atoms with Crippen LogP contribution in [0.4, 0.5) is 8.78 Å². The summed E-state index contributed by atoms with van der Waals surface area (Å²) in [4.78, 5) is 44.8. The molecule has 0 radical (unpaired) electrons. The van der Waals surface area contributed by atoms with Crippen LogP contribution in [0.5, 0.6) is 0 Å². The molecule has 1 aliphatic rings. The minimum Gasteiger partial charge on any atom is -0.469 e. The second-order valence-electron chi connectivity index (χ2n) is 11.0. The lowest BCUT2D eigenvalue weighted by Crippen LogP contribution is -2.54. The van der Waals surface area contributed by atoms with E-state index >= 15 is 0 Å². The summed E-state index contributed by atoms with van der Waals surface area (Å²) in [6, 6.07) is 6.28. The second kappa shape index (κ2) is 12.7. The number of amides is 2. The van der Waals surface area contributed by atoms with E-state index in [1.165, 1.54) is 12.0 Å². The molecule has 3 rings (SSSR count). The maximum atomic E-state index is 13.9. The Labute approximate surface area is 229 Å². The Kier molecular flexibility index (Phi) is 9.80. The van der Waals surface area contributed by atoms with Crippen molar-refractivity contribution in [1.29, 1.82) is 0 Å². The van der Waals surface area contributed by atoms with E-state index in [1.54, 1.807) is 12.4 Å². The molecule has 9 heteroatoms. The predicted molar refractivity (Wildman–Crippen MR) is 145 cm³/mol. The number of benzene rings is 1. The van der Waals surface area contributed by atoms with Gasteiger partial charge in [-0.1, -0.05) is 32.0 Å². The number of esters is 1. The quantitative estimate of drug-likeness (QED) is 0.406. The van der Waals surface area contributed by atoms with Gasteiger partial charge in [0.05, 0.1) is 19.6 Å². The van der Waals surface area contributed by atoms with Gasteiger partial charge in [-0.15, -0.1) is 0 Å². The van der Waals surface area contributed by atoms with Crippen molar-refractivity contribution in [3.8, 4) is 11.1 Å². The molecule has 2 heterocycles. The van der Waals surface area contributed by atoms with Gasteiger partial charge in [0.15, 0.2) is 0 Å². The largest absolute Gasteiger partial charge is 0.469 e. The van der Waals surface area contributed by atoms with Crippen LogP contribution in [0.15, 0.2) is 36.7 Å². The lowest BCUT2D eigenvalue weighted by molar-refractivity contribution is -0.151. The molecule has 1 N–H and O–H groups in total. The number of carbonyl (C=O) groups is 3. The number of rotatable bonds is 10. The zero-order valence-electron chi connectivity index (χ0n) is 23.6. The van der Waals surface area contributed by atoms with Gasteiger partial charge in [-0.2, -0.15) is 0 Å². The molecule has 2 aromatic rings. The van der Waals surface area contributed by atoms with Crippen molar-refractivity contribution in [2.24, 2.45) is 11.8 Å². The minimum absolute atomic E-state index is 0.0620. The summed E-state index contributed by atoms with van der Waals surface area (Å²) in [6.07, 6.45) is 3.37. The Bertz CT molecular complexity index is 1170. The summed E-state index contributed by atoms with van der Waals surface area (Å²) in [5, 5.41) is 2.95. The van der Waals surface area contributed by atoms with Crippen LogP contribution in [0, 0.1) is 25.7 Å². The fourth-order valence-corrected chi connectivity index (χ4v) is 5.26. The van der Waals surface area contributed by atoms with Crippen LogP contribution < -0.4 is 5.32 Å². The molecule has 0 aliphatic carbocycles. The van der Waals surface area contributed by atoms with E-state index in [2.05, 4.69) is 10.3 Å². The third-order valence-corrected chi connectivity index (χ3v) is 7.40. The molecule has 3 atom stereocenters. The maximum Gasteiger partial charge on any atom is 0.307 e. The summed E-state index contributed by atoms with van der Waals surface area (Å²) in [5.74, 6) is -5.36. The molecule has 0 spiro atoms.